The molecule has 4 heteroatoms. The molecule has 1 heterocycles. The molecule has 1 aliphatic heterocycles. The first kappa shape index (κ1) is 14.7. The van der Waals surface area contributed by atoms with E-state index in [2.05, 4.69) is 7.05 Å². The number of ketones is 1. The second-order valence-electron chi connectivity index (χ2n) is 5.91. The second kappa shape index (κ2) is 6.18. The number of aromatic carboxylic acids is 1. The number of benzene rings is 1. The number of hydrogen-bond donors (Lipinski definition) is 1. The van der Waals surface area contributed by atoms with Crippen LogP contribution in [-0.2, 0) is 0 Å². The van der Waals surface area contributed by atoms with Crippen molar-refractivity contribution in [3.8, 4) is 0 Å². The fraction of sp³-hybridized carbons (Fsp3) is 0.500. The Morgan fingerprint density at radius 3 is 2.45 bits per heavy atom. The largest absolute Gasteiger partial charge is 0.478 e. The van der Waals surface area contributed by atoms with Crippen LogP contribution in [0.1, 0.15) is 46.4 Å². The normalized spacial score (nSPS) is 17.6. The number of carbonyl (C=O) groups excluding carboxylic acids is 1. The molecule has 1 saturated heterocycles. The molecule has 108 valence electrons. The Kier molecular flexibility index (Phi) is 4.55. The van der Waals surface area contributed by atoms with Crippen molar-refractivity contribution < 1.29 is 19.2 Å². The van der Waals surface area contributed by atoms with Crippen LogP contribution in [0.3, 0.4) is 0 Å². The fourth-order valence-electron chi connectivity index (χ4n) is 2.84. The minimum absolute atomic E-state index is 0.0398. The molecule has 0 atom stereocenters. The van der Waals surface area contributed by atoms with Gasteiger partial charge in [0.05, 0.1) is 38.7 Å². The quantitative estimate of drug-likeness (QED) is 0.664. The molecule has 1 aromatic rings. The first-order valence-corrected chi connectivity index (χ1v) is 7.20. The minimum Gasteiger partial charge on any atom is -0.478 e. The third-order valence-electron chi connectivity index (χ3n) is 4.21. The smallest absolute Gasteiger partial charge is 0.335 e. The monoisotopic (exact) mass is 276 g/mol. The molecule has 4 nitrogen and oxygen atoms in total. The molecular formula is C16H22NO3+. The van der Waals surface area contributed by atoms with Gasteiger partial charge in [-0.25, -0.2) is 4.79 Å². The first-order chi connectivity index (χ1) is 9.50. The average molecular weight is 276 g/mol. The third-order valence-corrected chi connectivity index (χ3v) is 4.21. The third kappa shape index (κ3) is 3.67. The van der Waals surface area contributed by atoms with Crippen molar-refractivity contribution in [1.29, 1.82) is 0 Å². The van der Waals surface area contributed by atoms with Crippen LogP contribution in [0.25, 0.3) is 0 Å². The van der Waals surface area contributed by atoms with Crippen LogP contribution in [0.15, 0.2) is 24.3 Å². The average Bonchev–Trinajstić information content (AvgIpc) is 2.46. The summed E-state index contributed by atoms with van der Waals surface area (Å²) in [6, 6.07) is 6.32. The van der Waals surface area contributed by atoms with Crippen LogP contribution in [0.5, 0.6) is 0 Å². The minimum atomic E-state index is -0.991. The number of carboxylic acid groups (broad SMARTS) is 1. The van der Waals surface area contributed by atoms with E-state index in [9.17, 15) is 9.59 Å². The van der Waals surface area contributed by atoms with Gasteiger partial charge in [-0.15, -0.1) is 0 Å². The zero-order valence-electron chi connectivity index (χ0n) is 12.0. The molecule has 1 aliphatic rings. The number of hydrogen-bond acceptors (Lipinski definition) is 2. The highest BCUT2D eigenvalue weighted by atomic mass is 16.4. The summed E-state index contributed by atoms with van der Waals surface area (Å²) in [7, 11) is 2.21. The summed E-state index contributed by atoms with van der Waals surface area (Å²) < 4.78 is 0.963. The SMILES string of the molecule is C[N+]1(CCC(=O)c2cccc(C(=O)O)c2)CCCCC1. The first-order valence-electron chi connectivity index (χ1n) is 7.20. The summed E-state index contributed by atoms with van der Waals surface area (Å²) in [5, 5.41) is 8.95. The summed E-state index contributed by atoms with van der Waals surface area (Å²) in [5.74, 6) is -0.951. The van der Waals surface area contributed by atoms with Crippen molar-refractivity contribution >= 4 is 11.8 Å². The molecular weight excluding hydrogens is 254 g/mol. The second-order valence-corrected chi connectivity index (χ2v) is 5.91. The van der Waals surface area contributed by atoms with E-state index in [0.717, 1.165) is 24.1 Å². The van der Waals surface area contributed by atoms with Crippen molar-refractivity contribution in [2.24, 2.45) is 0 Å². The van der Waals surface area contributed by atoms with Crippen LogP contribution in [0, 0.1) is 0 Å². The molecule has 20 heavy (non-hydrogen) atoms. The zero-order valence-corrected chi connectivity index (χ0v) is 12.0. The molecule has 1 aromatic carbocycles. The van der Waals surface area contributed by atoms with Gasteiger partial charge < -0.3 is 9.59 Å². The van der Waals surface area contributed by atoms with Gasteiger partial charge in [0, 0.05) is 5.56 Å². The standard InChI is InChI=1S/C16H21NO3/c1-17(9-3-2-4-10-17)11-8-15(18)13-6-5-7-14(12-13)16(19)20/h5-7,12H,2-4,8-11H2,1H3/p+1. The Balaban J connectivity index is 1.98. The topological polar surface area (TPSA) is 54.4 Å². The van der Waals surface area contributed by atoms with Gasteiger partial charge in [0.15, 0.2) is 5.78 Å². The van der Waals surface area contributed by atoms with Gasteiger partial charge in [0.25, 0.3) is 0 Å². The summed E-state index contributed by atoms with van der Waals surface area (Å²) in [6.07, 6.45) is 4.25. The Labute approximate surface area is 119 Å². The summed E-state index contributed by atoms with van der Waals surface area (Å²) in [4.78, 5) is 23.1. The van der Waals surface area contributed by atoms with Gasteiger partial charge in [-0.2, -0.15) is 0 Å². The molecule has 2 rings (SSSR count). The van der Waals surface area contributed by atoms with Gasteiger partial charge in [0.2, 0.25) is 0 Å². The lowest BCUT2D eigenvalue weighted by Gasteiger charge is -2.37. The maximum Gasteiger partial charge on any atom is 0.335 e. The molecule has 0 saturated carbocycles. The molecule has 0 radical (unpaired) electrons. The van der Waals surface area contributed by atoms with Crippen molar-refractivity contribution in [1.82, 2.24) is 0 Å². The molecule has 0 bridgehead atoms. The molecule has 1 fully saturated rings. The fourth-order valence-corrected chi connectivity index (χ4v) is 2.84. The van der Waals surface area contributed by atoms with Gasteiger partial charge in [-0.3, -0.25) is 4.79 Å². The Bertz CT molecular complexity index is 504. The van der Waals surface area contributed by atoms with Crippen LogP contribution in [0.4, 0.5) is 0 Å². The number of nitrogens with zero attached hydrogens (tertiary/aromatic N) is 1. The summed E-state index contributed by atoms with van der Waals surface area (Å²) in [6.45, 7) is 3.13. The summed E-state index contributed by atoms with van der Waals surface area (Å²) in [5.41, 5.74) is 0.683. The number of likely N-dealkylation sites (tertiary alicyclic amines) is 1. The number of carbonyl (C=O) groups is 2. The van der Waals surface area contributed by atoms with Gasteiger partial charge in [-0.1, -0.05) is 12.1 Å². The van der Waals surface area contributed by atoms with E-state index >= 15 is 0 Å². The van der Waals surface area contributed by atoms with Crippen molar-refractivity contribution in [3.05, 3.63) is 35.4 Å². The number of Topliss-reactive ketones (excluding diaryl/α,β-unsaturated/α-hetero) is 1. The van der Waals surface area contributed by atoms with E-state index in [-0.39, 0.29) is 11.3 Å². The number of carboxylic acids is 1. The van der Waals surface area contributed by atoms with Gasteiger partial charge in [-0.05, 0) is 31.4 Å². The molecule has 0 aromatic heterocycles. The van der Waals surface area contributed by atoms with Crippen molar-refractivity contribution in [2.75, 3.05) is 26.7 Å². The predicted molar refractivity (Wildman–Crippen MR) is 77.0 cm³/mol. The predicted octanol–water partition coefficient (Wildman–Crippen LogP) is 2.59. The van der Waals surface area contributed by atoms with Crippen molar-refractivity contribution in [2.45, 2.75) is 25.7 Å². The van der Waals surface area contributed by atoms with E-state index < -0.39 is 5.97 Å². The molecule has 1 N–H and O–H groups in total. The van der Waals surface area contributed by atoms with Gasteiger partial charge in [0.1, 0.15) is 0 Å². The summed E-state index contributed by atoms with van der Waals surface area (Å²) >= 11 is 0. The van der Waals surface area contributed by atoms with Crippen LogP contribution < -0.4 is 0 Å². The number of rotatable bonds is 5. The number of piperidine rings is 1. The number of quaternary nitrogens is 1. The Hall–Kier alpha value is -1.68. The van der Waals surface area contributed by atoms with Crippen LogP contribution in [0.2, 0.25) is 0 Å². The zero-order chi connectivity index (χ0) is 14.6. The van der Waals surface area contributed by atoms with Crippen LogP contribution >= 0.6 is 0 Å². The molecule has 0 aliphatic carbocycles. The molecule has 0 spiro atoms. The lowest BCUT2D eigenvalue weighted by molar-refractivity contribution is -0.913. The highest BCUT2D eigenvalue weighted by molar-refractivity contribution is 5.98. The van der Waals surface area contributed by atoms with E-state index in [1.807, 2.05) is 0 Å². The lowest BCUT2D eigenvalue weighted by atomic mass is 10.0. The van der Waals surface area contributed by atoms with Gasteiger partial charge >= 0.3 is 5.97 Å². The van der Waals surface area contributed by atoms with E-state index in [1.165, 1.54) is 31.4 Å². The maximum atomic E-state index is 12.2. The Morgan fingerprint density at radius 2 is 1.80 bits per heavy atom. The lowest BCUT2D eigenvalue weighted by Crippen LogP contribution is -2.48. The van der Waals surface area contributed by atoms with Crippen molar-refractivity contribution in [3.63, 3.8) is 0 Å². The highest BCUT2D eigenvalue weighted by Crippen LogP contribution is 2.18. The van der Waals surface area contributed by atoms with E-state index in [4.69, 9.17) is 5.11 Å². The van der Waals surface area contributed by atoms with E-state index in [1.54, 1.807) is 12.1 Å². The highest BCUT2D eigenvalue weighted by Gasteiger charge is 2.25. The molecule has 0 unspecified atom stereocenters. The van der Waals surface area contributed by atoms with Crippen LogP contribution in [-0.4, -0.2) is 48.0 Å². The van der Waals surface area contributed by atoms with E-state index in [0.29, 0.717) is 12.0 Å². The Morgan fingerprint density at radius 1 is 1.15 bits per heavy atom. The maximum absolute atomic E-state index is 12.2. The molecule has 0 amide bonds.